The maximum absolute atomic E-state index is 10.8. The Morgan fingerprint density at radius 3 is 2.56 bits per heavy atom. The van der Waals surface area contributed by atoms with Gasteiger partial charge < -0.3 is 15.9 Å². The maximum atomic E-state index is 10.8. The Hall–Kier alpha value is -1.66. The second kappa shape index (κ2) is 4.46. The van der Waals surface area contributed by atoms with Crippen molar-refractivity contribution in [3.8, 4) is 5.75 Å². The van der Waals surface area contributed by atoms with Crippen LogP contribution >= 0.6 is 0 Å². The zero-order valence-electron chi connectivity index (χ0n) is 9.10. The zero-order valence-corrected chi connectivity index (χ0v) is 9.10. The van der Waals surface area contributed by atoms with Crippen LogP contribution in [0.15, 0.2) is 6.07 Å². The van der Waals surface area contributed by atoms with Gasteiger partial charge in [-0.1, -0.05) is 0 Å². The van der Waals surface area contributed by atoms with Crippen LogP contribution in [-0.2, 0) is 0 Å². The van der Waals surface area contributed by atoms with E-state index in [1.165, 1.54) is 0 Å². The second-order valence-electron chi connectivity index (χ2n) is 3.65. The Morgan fingerprint density at radius 2 is 2.12 bits per heavy atom. The van der Waals surface area contributed by atoms with Crippen LogP contribution in [-0.4, -0.2) is 21.7 Å². The zero-order chi connectivity index (χ0) is 12.5. The Balaban J connectivity index is 3.50. The molecule has 1 aromatic carbocycles. The molecule has 0 saturated carbocycles. The average Bonchev–Trinajstić information content (AvgIpc) is 2.22. The number of phenols is 1. The van der Waals surface area contributed by atoms with E-state index in [4.69, 9.17) is 10.8 Å². The smallest absolute Gasteiger partial charge is 0.314 e. The van der Waals surface area contributed by atoms with Crippen LogP contribution in [0.3, 0.4) is 0 Å². The van der Waals surface area contributed by atoms with Crippen LogP contribution in [0.2, 0.25) is 0 Å². The number of hydrogen-bond donors (Lipinski definition) is 3. The third-order valence-electron chi connectivity index (χ3n) is 2.60. The highest BCUT2D eigenvalue weighted by atomic mass is 16.6. The molecule has 0 radical (unpaired) electrons. The Labute approximate surface area is 92.5 Å². The SMILES string of the molecule is Cc1cc([C@@H](N)CO)c(O)c([N+](=O)[O-])c1C. The van der Waals surface area contributed by atoms with Gasteiger partial charge in [-0.15, -0.1) is 0 Å². The summed E-state index contributed by atoms with van der Waals surface area (Å²) in [4.78, 5) is 10.2. The normalized spacial score (nSPS) is 12.5. The van der Waals surface area contributed by atoms with Crippen LogP contribution < -0.4 is 5.73 Å². The summed E-state index contributed by atoms with van der Waals surface area (Å²) in [5.74, 6) is -0.463. The number of aryl methyl sites for hydroxylation is 1. The van der Waals surface area contributed by atoms with E-state index in [-0.39, 0.29) is 17.9 Å². The van der Waals surface area contributed by atoms with Gasteiger partial charge in [0.05, 0.1) is 17.6 Å². The molecule has 0 bridgehead atoms. The number of hydrogen-bond acceptors (Lipinski definition) is 5. The monoisotopic (exact) mass is 226 g/mol. The largest absolute Gasteiger partial charge is 0.502 e. The number of nitro groups is 1. The maximum Gasteiger partial charge on any atom is 0.314 e. The van der Waals surface area contributed by atoms with Crippen LogP contribution in [0.1, 0.15) is 22.7 Å². The fourth-order valence-corrected chi connectivity index (χ4v) is 1.52. The van der Waals surface area contributed by atoms with Gasteiger partial charge in [0.1, 0.15) is 0 Å². The molecule has 0 saturated heterocycles. The van der Waals surface area contributed by atoms with E-state index in [0.717, 1.165) is 0 Å². The highest BCUT2D eigenvalue weighted by Crippen LogP contribution is 2.37. The van der Waals surface area contributed by atoms with E-state index in [0.29, 0.717) is 11.1 Å². The van der Waals surface area contributed by atoms with Crippen molar-refractivity contribution in [3.63, 3.8) is 0 Å². The van der Waals surface area contributed by atoms with Crippen LogP contribution in [0.5, 0.6) is 5.75 Å². The van der Waals surface area contributed by atoms with Gasteiger partial charge in [-0.2, -0.15) is 0 Å². The van der Waals surface area contributed by atoms with E-state index in [1.54, 1.807) is 19.9 Å². The average molecular weight is 226 g/mol. The van der Waals surface area contributed by atoms with Crippen molar-refractivity contribution >= 4 is 5.69 Å². The predicted octanol–water partition coefficient (Wildman–Crippen LogP) is 0.909. The molecule has 0 amide bonds. The predicted molar refractivity (Wildman–Crippen MR) is 58.2 cm³/mol. The molecule has 16 heavy (non-hydrogen) atoms. The number of nitrogens with two attached hydrogens (primary N) is 1. The minimum Gasteiger partial charge on any atom is -0.502 e. The molecule has 1 aromatic rings. The summed E-state index contributed by atoms with van der Waals surface area (Å²) in [5, 5.41) is 29.4. The van der Waals surface area contributed by atoms with Crippen molar-refractivity contribution in [1.82, 2.24) is 0 Å². The summed E-state index contributed by atoms with van der Waals surface area (Å²) >= 11 is 0. The molecule has 0 aromatic heterocycles. The van der Waals surface area contributed by atoms with E-state index in [1.807, 2.05) is 0 Å². The molecule has 0 aliphatic heterocycles. The first-order valence-electron chi connectivity index (χ1n) is 4.74. The molecule has 4 N–H and O–H groups in total. The number of aliphatic hydroxyl groups excluding tert-OH is 1. The lowest BCUT2D eigenvalue weighted by Gasteiger charge is -2.13. The number of phenolic OH excluding ortho intramolecular Hbond substituents is 1. The van der Waals surface area contributed by atoms with Crippen LogP contribution in [0.4, 0.5) is 5.69 Å². The Bertz CT molecular complexity index is 431. The number of aromatic hydroxyl groups is 1. The third kappa shape index (κ3) is 1.98. The summed E-state index contributed by atoms with van der Waals surface area (Å²) in [6, 6.07) is 0.733. The van der Waals surface area contributed by atoms with Gasteiger partial charge >= 0.3 is 5.69 Å². The van der Waals surface area contributed by atoms with Gasteiger partial charge in [0, 0.05) is 11.1 Å². The van der Waals surface area contributed by atoms with Gasteiger partial charge in [0.2, 0.25) is 0 Å². The highest BCUT2D eigenvalue weighted by Gasteiger charge is 2.24. The van der Waals surface area contributed by atoms with Crippen LogP contribution in [0, 0.1) is 24.0 Å². The number of benzene rings is 1. The van der Waals surface area contributed by atoms with Crippen LogP contribution in [0.25, 0.3) is 0 Å². The van der Waals surface area contributed by atoms with Gasteiger partial charge in [0.25, 0.3) is 0 Å². The topological polar surface area (TPSA) is 110 Å². The third-order valence-corrected chi connectivity index (χ3v) is 2.60. The lowest BCUT2D eigenvalue weighted by molar-refractivity contribution is -0.386. The summed E-state index contributed by atoms with van der Waals surface area (Å²) in [6.45, 7) is 2.87. The lowest BCUT2D eigenvalue weighted by Crippen LogP contribution is -2.15. The van der Waals surface area contributed by atoms with Crippen molar-refractivity contribution in [2.24, 2.45) is 5.73 Å². The summed E-state index contributed by atoms with van der Waals surface area (Å²) in [5.41, 5.74) is 6.45. The molecular weight excluding hydrogens is 212 g/mol. The minimum atomic E-state index is -0.821. The number of nitrogens with zero attached hydrogens (tertiary/aromatic N) is 1. The molecule has 6 nitrogen and oxygen atoms in total. The molecule has 1 atom stereocenters. The number of rotatable bonds is 3. The molecule has 0 aliphatic rings. The first kappa shape index (κ1) is 12.4. The van der Waals surface area contributed by atoms with Crippen molar-refractivity contribution < 1.29 is 15.1 Å². The minimum absolute atomic E-state index is 0.192. The van der Waals surface area contributed by atoms with Crippen molar-refractivity contribution in [2.75, 3.05) is 6.61 Å². The van der Waals surface area contributed by atoms with Gasteiger partial charge in [-0.3, -0.25) is 10.1 Å². The quantitative estimate of drug-likeness (QED) is 0.524. The van der Waals surface area contributed by atoms with Crippen molar-refractivity contribution in [1.29, 1.82) is 0 Å². The molecule has 0 unspecified atom stereocenters. The van der Waals surface area contributed by atoms with Crippen molar-refractivity contribution in [2.45, 2.75) is 19.9 Å². The Kier molecular flexibility index (Phi) is 3.46. The highest BCUT2D eigenvalue weighted by molar-refractivity contribution is 5.59. The summed E-state index contributed by atoms with van der Waals surface area (Å²) in [6.07, 6.45) is 0. The standard InChI is InChI=1S/C10H14N2O4/c1-5-3-7(8(11)4-13)10(14)9(6(5)2)12(15)16/h3,8,13-14H,4,11H2,1-2H3/t8-/m0/s1. The van der Waals surface area contributed by atoms with E-state index in [2.05, 4.69) is 0 Å². The number of nitro benzene ring substituents is 1. The lowest BCUT2D eigenvalue weighted by atomic mass is 9.98. The van der Waals surface area contributed by atoms with Crippen molar-refractivity contribution in [3.05, 3.63) is 32.9 Å². The van der Waals surface area contributed by atoms with Gasteiger partial charge in [0.15, 0.2) is 5.75 Å². The van der Waals surface area contributed by atoms with E-state index < -0.39 is 16.7 Å². The second-order valence-corrected chi connectivity index (χ2v) is 3.65. The van der Waals surface area contributed by atoms with E-state index >= 15 is 0 Å². The molecule has 0 spiro atoms. The summed E-state index contributed by atoms with van der Waals surface area (Å²) < 4.78 is 0. The van der Waals surface area contributed by atoms with E-state index in [9.17, 15) is 15.2 Å². The number of aliphatic hydroxyl groups is 1. The molecule has 0 heterocycles. The summed E-state index contributed by atoms with van der Waals surface area (Å²) in [7, 11) is 0. The molecule has 0 fully saturated rings. The molecule has 6 heteroatoms. The van der Waals surface area contributed by atoms with Gasteiger partial charge in [-0.05, 0) is 25.5 Å². The molecule has 0 aliphatic carbocycles. The first-order chi connectivity index (χ1) is 7.40. The molecule has 1 rings (SSSR count). The molecule has 88 valence electrons. The first-order valence-corrected chi connectivity index (χ1v) is 4.74. The van der Waals surface area contributed by atoms with Gasteiger partial charge in [-0.25, -0.2) is 0 Å². The fraction of sp³-hybridized carbons (Fsp3) is 0.400. The molecular formula is C10H14N2O4. The Morgan fingerprint density at radius 1 is 1.56 bits per heavy atom. The fourth-order valence-electron chi connectivity index (χ4n) is 1.52.